The molecule has 4 atom stereocenters. The van der Waals surface area contributed by atoms with E-state index in [0.29, 0.717) is 25.9 Å². The normalized spacial score (nSPS) is 25.3. The largest absolute Gasteiger partial charge is 0.480 e. The van der Waals surface area contributed by atoms with Crippen LogP contribution in [0.5, 0.6) is 0 Å². The van der Waals surface area contributed by atoms with Gasteiger partial charge in [-0.15, -0.1) is 0 Å². The van der Waals surface area contributed by atoms with Crippen molar-refractivity contribution in [2.75, 3.05) is 19.7 Å². The second kappa shape index (κ2) is 8.54. The lowest BCUT2D eigenvalue weighted by atomic mass is 9.98. The Morgan fingerprint density at radius 2 is 1.70 bits per heavy atom. The standard InChI is InChI=1S/C26H28N2O5/c1-15-10-11-28(23(15)25(30)31)24(29)21-12-16(21)13-27-26(32)33-14-22-19-8-4-2-6-17(19)18-7-3-5-9-20(18)22/h2-9,15-16,21-23H,10-14H2,1H3,(H,27,32)(H,30,31)/t15?,16-,21-,23?/m1/s1. The minimum atomic E-state index is -0.942. The molecule has 0 radical (unpaired) electrons. The fourth-order valence-electron chi connectivity index (χ4n) is 5.42. The number of benzene rings is 2. The molecule has 33 heavy (non-hydrogen) atoms. The number of ether oxygens (including phenoxy) is 1. The van der Waals surface area contributed by atoms with Crippen molar-refractivity contribution >= 4 is 18.0 Å². The summed E-state index contributed by atoms with van der Waals surface area (Å²) in [5.41, 5.74) is 4.68. The van der Waals surface area contributed by atoms with Gasteiger partial charge in [0.2, 0.25) is 5.91 Å². The van der Waals surface area contributed by atoms with Gasteiger partial charge in [-0.25, -0.2) is 9.59 Å². The minimum Gasteiger partial charge on any atom is -0.480 e. The smallest absolute Gasteiger partial charge is 0.407 e. The first-order chi connectivity index (χ1) is 16.0. The van der Waals surface area contributed by atoms with Gasteiger partial charge in [0, 0.05) is 24.9 Å². The van der Waals surface area contributed by atoms with Crippen LogP contribution < -0.4 is 5.32 Å². The monoisotopic (exact) mass is 448 g/mol. The molecule has 3 aliphatic rings. The molecule has 1 aliphatic heterocycles. The molecule has 0 aromatic heterocycles. The van der Waals surface area contributed by atoms with Gasteiger partial charge < -0.3 is 20.1 Å². The molecule has 2 amide bonds. The summed E-state index contributed by atoms with van der Waals surface area (Å²) in [4.78, 5) is 38.2. The molecule has 7 heteroatoms. The van der Waals surface area contributed by atoms with Crippen LogP contribution in [0, 0.1) is 17.8 Å². The predicted octanol–water partition coefficient (Wildman–Crippen LogP) is 3.48. The van der Waals surface area contributed by atoms with Crippen molar-refractivity contribution in [2.45, 2.75) is 31.7 Å². The fraction of sp³-hybridized carbons (Fsp3) is 0.423. The van der Waals surface area contributed by atoms with E-state index in [0.717, 1.165) is 11.1 Å². The Morgan fingerprint density at radius 1 is 1.06 bits per heavy atom. The van der Waals surface area contributed by atoms with Crippen molar-refractivity contribution in [3.05, 3.63) is 59.7 Å². The number of rotatable bonds is 6. The van der Waals surface area contributed by atoms with Crippen LogP contribution in [-0.2, 0) is 14.3 Å². The van der Waals surface area contributed by atoms with Crippen LogP contribution in [0.4, 0.5) is 4.79 Å². The lowest BCUT2D eigenvalue weighted by Gasteiger charge is -2.23. The van der Waals surface area contributed by atoms with Gasteiger partial charge in [0.05, 0.1) is 0 Å². The van der Waals surface area contributed by atoms with Crippen molar-refractivity contribution in [1.82, 2.24) is 10.2 Å². The van der Waals surface area contributed by atoms with Gasteiger partial charge in [-0.1, -0.05) is 55.5 Å². The summed E-state index contributed by atoms with van der Waals surface area (Å²) in [5.74, 6) is -1.27. The third-order valence-corrected chi connectivity index (χ3v) is 7.33. The quantitative estimate of drug-likeness (QED) is 0.705. The molecule has 1 heterocycles. The summed E-state index contributed by atoms with van der Waals surface area (Å²) in [5, 5.41) is 12.2. The van der Waals surface area contributed by atoms with Crippen molar-refractivity contribution in [1.29, 1.82) is 0 Å². The summed E-state index contributed by atoms with van der Waals surface area (Å²) in [6.45, 7) is 2.96. The van der Waals surface area contributed by atoms with Crippen molar-refractivity contribution < 1.29 is 24.2 Å². The molecule has 2 aromatic carbocycles. The van der Waals surface area contributed by atoms with E-state index in [1.54, 1.807) is 0 Å². The van der Waals surface area contributed by atoms with Crippen molar-refractivity contribution in [3.63, 3.8) is 0 Å². The topological polar surface area (TPSA) is 95.9 Å². The zero-order chi connectivity index (χ0) is 23.1. The van der Waals surface area contributed by atoms with Crippen LogP contribution in [0.1, 0.15) is 36.8 Å². The maximum Gasteiger partial charge on any atom is 0.407 e. The molecule has 2 fully saturated rings. The third kappa shape index (κ3) is 3.96. The van der Waals surface area contributed by atoms with Gasteiger partial charge in [-0.3, -0.25) is 4.79 Å². The molecule has 0 bridgehead atoms. The predicted molar refractivity (Wildman–Crippen MR) is 122 cm³/mol. The second-order valence-electron chi connectivity index (χ2n) is 9.39. The Labute approximate surface area is 192 Å². The zero-order valence-electron chi connectivity index (χ0n) is 18.6. The lowest BCUT2D eigenvalue weighted by molar-refractivity contribution is -0.150. The Morgan fingerprint density at radius 3 is 2.33 bits per heavy atom. The average Bonchev–Trinajstić information content (AvgIpc) is 3.38. The SMILES string of the molecule is CC1CCN(C(=O)[C@@H]2C[C@@H]2CNC(=O)OCC2c3ccccc3-c3ccccc32)C1C(=O)O. The van der Waals surface area contributed by atoms with Crippen LogP contribution in [-0.4, -0.2) is 53.7 Å². The number of likely N-dealkylation sites (tertiary alicyclic amines) is 1. The third-order valence-electron chi connectivity index (χ3n) is 7.33. The highest BCUT2D eigenvalue weighted by molar-refractivity contribution is 5.87. The summed E-state index contributed by atoms with van der Waals surface area (Å²) in [6.07, 6.45) is 0.880. The first-order valence-electron chi connectivity index (χ1n) is 11.6. The molecule has 5 rings (SSSR count). The number of carboxylic acid groups (broad SMARTS) is 1. The Kier molecular flexibility index (Phi) is 5.56. The number of fused-ring (bicyclic) bond motifs is 3. The minimum absolute atomic E-state index is 0.00325. The second-order valence-corrected chi connectivity index (χ2v) is 9.39. The number of carbonyl (C=O) groups excluding carboxylic acids is 2. The lowest BCUT2D eigenvalue weighted by Crippen LogP contribution is -2.44. The molecular weight excluding hydrogens is 420 g/mol. The summed E-state index contributed by atoms with van der Waals surface area (Å²) < 4.78 is 5.55. The number of aliphatic carboxylic acids is 1. The molecule has 2 N–H and O–H groups in total. The Hall–Kier alpha value is -3.35. The molecule has 2 aromatic rings. The highest BCUT2D eigenvalue weighted by Crippen LogP contribution is 2.44. The number of carbonyl (C=O) groups is 3. The van der Waals surface area contributed by atoms with Crippen LogP contribution in [0.2, 0.25) is 0 Å². The van der Waals surface area contributed by atoms with Crippen molar-refractivity contribution in [3.8, 4) is 11.1 Å². The van der Waals surface area contributed by atoms with Crippen LogP contribution in [0.15, 0.2) is 48.5 Å². The number of carboxylic acids is 1. The average molecular weight is 449 g/mol. The van der Waals surface area contributed by atoms with Crippen molar-refractivity contribution in [2.24, 2.45) is 17.8 Å². The zero-order valence-corrected chi connectivity index (χ0v) is 18.6. The van der Waals surface area contributed by atoms with Crippen LogP contribution in [0.25, 0.3) is 11.1 Å². The molecule has 1 saturated carbocycles. The molecule has 2 unspecified atom stereocenters. The van der Waals surface area contributed by atoms with Crippen LogP contribution in [0.3, 0.4) is 0 Å². The van der Waals surface area contributed by atoms with Gasteiger partial charge in [0.1, 0.15) is 12.6 Å². The van der Waals surface area contributed by atoms with Gasteiger partial charge in [0.15, 0.2) is 0 Å². The maximum atomic E-state index is 12.8. The fourth-order valence-corrected chi connectivity index (χ4v) is 5.42. The number of alkyl carbamates (subject to hydrolysis) is 1. The molecule has 0 spiro atoms. The van der Waals surface area contributed by atoms with E-state index in [4.69, 9.17) is 4.74 Å². The highest BCUT2D eigenvalue weighted by atomic mass is 16.5. The molecule has 7 nitrogen and oxygen atoms in total. The van der Waals surface area contributed by atoms with E-state index in [2.05, 4.69) is 29.6 Å². The van der Waals surface area contributed by atoms with Gasteiger partial charge in [-0.2, -0.15) is 0 Å². The van der Waals surface area contributed by atoms with E-state index in [-0.39, 0.29) is 36.2 Å². The molecule has 1 saturated heterocycles. The molecule has 172 valence electrons. The molecule has 2 aliphatic carbocycles. The van der Waals surface area contributed by atoms with E-state index in [9.17, 15) is 19.5 Å². The van der Waals surface area contributed by atoms with Gasteiger partial charge >= 0.3 is 12.1 Å². The maximum absolute atomic E-state index is 12.8. The number of nitrogens with one attached hydrogen (secondary N) is 1. The van der Waals surface area contributed by atoms with E-state index >= 15 is 0 Å². The summed E-state index contributed by atoms with van der Waals surface area (Å²) in [7, 11) is 0. The first kappa shape index (κ1) is 21.5. The number of amides is 2. The van der Waals surface area contributed by atoms with Crippen LogP contribution >= 0.6 is 0 Å². The van der Waals surface area contributed by atoms with E-state index in [1.807, 2.05) is 31.2 Å². The van der Waals surface area contributed by atoms with Gasteiger partial charge in [0.25, 0.3) is 0 Å². The first-order valence-corrected chi connectivity index (χ1v) is 11.6. The number of hydrogen-bond donors (Lipinski definition) is 2. The number of hydrogen-bond acceptors (Lipinski definition) is 4. The highest BCUT2D eigenvalue weighted by Gasteiger charge is 2.49. The van der Waals surface area contributed by atoms with E-state index < -0.39 is 18.1 Å². The summed E-state index contributed by atoms with van der Waals surface area (Å²) >= 11 is 0. The summed E-state index contributed by atoms with van der Waals surface area (Å²) in [6, 6.07) is 15.6. The number of nitrogens with zero attached hydrogens (tertiary/aromatic N) is 1. The molecular formula is C26H28N2O5. The van der Waals surface area contributed by atoms with Gasteiger partial charge in [-0.05, 0) is 46.9 Å². The van der Waals surface area contributed by atoms with E-state index in [1.165, 1.54) is 16.0 Å². The Balaban J connectivity index is 1.13. The Bertz CT molecular complexity index is 1050.